The molecular formula is C13H18N2O. The van der Waals surface area contributed by atoms with Crippen LogP contribution in [0.15, 0.2) is 18.2 Å². The van der Waals surface area contributed by atoms with Crippen molar-refractivity contribution in [1.29, 1.82) is 5.26 Å². The highest BCUT2D eigenvalue weighted by atomic mass is 16.3. The van der Waals surface area contributed by atoms with Gasteiger partial charge in [-0.05, 0) is 30.5 Å². The average molecular weight is 218 g/mol. The summed E-state index contributed by atoms with van der Waals surface area (Å²) in [4.78, 5) is 0. The summed E-state index contributed by atoms with van der Waals surface area (Å²) in [5.41, 5.74) is 2.48. The predicted molar refractivity (Wildman–Crippen MR) is 65.2 cm³/mol. The molecule has 0 saturated heterocycles. The molecule has 0 spiro atoms. The topological polar surface area (TPSA) is 56.0 Å². The quantitative estimate of drug-likeness (QED) is 0.815. The maximum atomic E-state index is 9.23. The van der Waals surface area contributed by atoms with E-state index in [1.165, 1.54) is 0 Å². The SMILES string of the molecule is Cc1ccc(NC(CO)C(C)C)c(C#N)c1. The monoisotopic (exact) mass is 218 g/mol. The van der Waals surface area contributed by atoms with Crippen LogP contribution in [-0.4, -0.2) is 17.8 Å². The Labute approximate surface area is 96.7 Å². The van der Waals surface area contributed by atoms with Crippen molar-refractivity contribution in [3.8, 4) is 6.07 Å². The van der Waals surface area contributed by atoms with E-state index < -0.39 is 0 Å². The van der Waals surface area contributed by atoms with Gasteiger partial charge in [-0.1, -0.05) is 19.9 Å². The molecule has 1 rings (SSSR count). The fourth-order valence-electron chi connectivity index (χ4n) is 1.50. The molecule has 0 aliphatic rings. The molecule has 0 aliphatic carbocycles. The number of nitrogens with one attached hydrogen (secondary N) is 1. The van der Waals surface area contributed by atoms with Crippen LogP contribution in [0.2, 0.25) is 0 Å². The van der Waals surface area contributed by atoms with Gasteiger partial charge in [0.1, 0.15) is 6.07 Å². The molecule has 86 valence electrons. The second-order valence-corrected chi connectivity index (χ2v) is 4.34. The highest BCUT2D eigenvalue weighted by Gasteiger charge is 2.13. The van der Waals surface area contributed by atoms with Crippen molar-refractivity contribution in [2.75, 3.05) is 11.9 Å². The van der Waals surface area contributed by atoms with Gasteiger partial charge in [0, 0.05) is 0 Å². The molecule has 0 fully saturated rings. The van der Waals surface area contributed by atoms with Crippen molar-refractivity contribution in [3.05, 3.63) is 29.3 Å². The van der Waals surface area contributed by atoms with Crippen LogP contribution in [0, 0.1) is 24.2 Å². The van der Waals surface area contributed by atoms with Gasteiger partial charge in [-0.3, -0.25) is 0 Å². The molecule has 3 nitrogen and oxygen atoms in total. The van der Waals surface area contributed by atoms with Crippen LogP contribution < -0.4 is 5.32 Å². The molecule has 0 amide bonds. The Morgan fingerprint density at radius 2 is 2.12 bits per heavy atom. The number of rotatable bonds is 4. The van der Waals surface area contributed by atoms with Crippen molar-refractivity contribution in [2.45, 2.75) is 26.8 Å². The van der Waals surface area contributed by atoms with E-state index in [9.17, 15) is 5.11 Å². The summed E-state index contributed by atoms with van der Waals surface area (Å²) < 4.78 is 0. The normalized spacial score (nSPS) is 12.2. The third-order valence-corrected chi connectivity index (χ3v) is 2.64. The standard InChI is InChI=1S/C13H18N2O/c1-9(2)13(8-16)15-12-5-4-10(3)6-11(12)7-14/h4-6,9,13,15-16H,8H2,1-3H3. The molecule has 16 heavy (non-hydrogen) atoms. The number of aryl methyl sites for hydroxylation is 1. The van der Waals surface area contributed by atoms with Crippen LogP contribution in [0.5, 0.6) is 0 Å². The number of hydrogen-bond donors (Lipinski definition) is 2. The lowest BCUT2D eigenvalue weighted by atomic mass is 10.0. The van der Waals surface area contributed by atoms with Crippen molar-refractivity contribution in [3.63, 3.8) is 0 Å². The molecular weight excluding hydrogens is 200 g/mol. The Kier molecular flexibility index (Phi) is 4.33. The fraction of sp³-hybridized carbons (Fsp3) is 0.462. The molecule has 3 heteroatoms. The van der Waals surface area contributed by atoms with Gasteiger partial charge in [0.05, 0.1) is 23.9 Å². The lowest BCUT2D eigenvalue weighted by Gasteiger charge is -2.21. The first kappa shape index (κ1) is 12.5. The average Bonchev–Trinajstić information content (AvgIpc) is 2.26. The lowest BCUT2D eigenvalue weighted by molar-refractivity contribution is 0.249. The first-order chi connectivity index (χ1) is 7.58. The summed E-state index contributed by atoms with van der Waals surface area (Å²) in [5, 5.41) is 21.4. The van der Waals surface area contributed by atoms with Gasteiger partial charge in [-0.15, -0.1) is 0 Å². The zero-order valence-electron chi connectivity index (χ0n) is 9.99. The summed E-state index contributed by atoms with van der Waals surface area (Å²) in [7, 11) is 0. The van der Waals surface area contributed by atoms with Crippen LogP contribution in [0.4, 0.5) is 5.69 Å². The summed E-state index contributed by atoms with van der Waals surface area (Å²) >= 11 is 0. The number of nitrogens with zero attached hydrogens (tertiary/aromatic N) is 1. The predicted octanol–water partition coefficient (Wildman–Crippen LogP) is 2.30. The van der Waals surface area contributed by atoms with Gasteiger partial charge in [-0.2, -0.15) is 5.26 Å². The highest BCUT2D eigenvalue weighted by molar-refractivity contribution is 5.59. The van der Waals surface area contributed by atoms with E-state index in [-0.39, 0.29) is 12.6 Å². The van der Waals surface area contributed by atoms with Gasteiger partial charge in [0.2, 0.25) is 0 Å². The van der Waals surface area contributed by atoms with E-state index in [1.54, 1.807) is 0 Å². The minimum atomic E-state index is -0.0187. The number of nitriles is 1. The van der Waals surface area contributed by atoms with Crippen LogP contribution in [-0.2, 0) is 0 Å². The van der Waals surface area contributed by atoms with E-state index in [4.69, 9.17) is 5.26 Å². The molecule has 0 aromatic heterocycles. The molecule has 2 N–H and O–H groups in total. The Morgan fingerprint density at radius 1 is 1.44 bits per heavy atom. The minimum absolute atomic E-state index is 0.0187. The Hall–Kier alpha value is -1.53. The molecule has 1 aromatic carbocycles. The van der Waals surface area contributed by atoms with Crippen molar-refractivity contribution >= 4 is 5.69 Å². The Balaban J connectivity index is 2.92. The number of benzene rings is 1. The number of aliphatic hydroxyl groups is 1. The van der Waals surface area contributed by atoms with Gasteiger partial charge < -0.3 is 10.4 Å². The maximum Gasteiger partial charge on any atom is 0.101 e. The molecule has 0 radical (unpaired) electrons. The number of aliphatic hydroxyl groups excluding tert-OH is 1. The molecule has 0 bridgehead atoms. The van der Waals surface area contributed by atoms with Gasteiger partial charge in [-0.25, -0.2) is 0 Å². The first-order valence-corrected chi connectivity index (χ1v) is 5.46. The number of anilines is 1. The van der Waals surface area contributed by atoms with E-state index in [1.807, 2.05) is 39.0 Å². The Morgan fingerprint density at radius 3 is 2.62 bits per heavy atom. The van der Waals surface area contributed by atoms with Gasteiger partial charge in [0.25, 0.3) is 0 Å². The maximum absolute atomic E-state index is 9.23. The van der Waals surface area contributed by atoms with E-state index in [0.717, 1.165) is 11.3 Å². The van der Waals surface area contributed by atoms with E-state index in [0.29, 0.717) is 11.5 Å². The van der Waals surface area contributed by atoms with Gasteiger partial charge >= 0.3 is 0 Å². The third-order valence-electron chi connectivity index (χ3n) is 2.64. The van der Waals surface area contributed by atoms with E-state index in [2.05, 4.69) is 11.4 Å². The first-order valence-electron chi connectivity index (χ1n) is 5.46. The molecule has 0 aliphatic heterocycles. The zero-order valence-corrected chi connectivity index (χ0v) is 9.99. The molecule has 1 unspecified atom stereocenters. The molecule has 1 atom stereocenters. The van der Waals surface area contributed by atoms with Crippen molar-refractivity contribution in [2.24, 2.45) is 5.92 Å². The molecule has 1 aromatic rings. The van der Waals surface area contributed by atoms with Crippen LogP contribution in [0.3, 0.4) is 0 Å². The summed E-state index contributed by atoms with van der Waals surface area (Å²) in [6.07, 6.45) is 0. The second kappa shape index (κ2) is 5.53. The third kappa shape index (κ3) is 2.98. The van der Waals surface area contributed by atoms with Crippen molar-refractivity contribution in [1.82, 2.24) is 0 Å². The fourth-order valence-corrected chi connectivity index (χ4v) is 1.50. The second-order valence-electron chi connectivity index (χ2n) is 4.34. The van der Waals surface area contributed by atoms with Crippen LogP contribution in [0.1, 0.15) is 25.0 Å². The summed E-state index contributed by atoms with van der Waals surface area (Å²) in [6, 6.07) is 7.83. The largest absolute Gasteiger partial charge is 0.394 e. The van der Waals surface area contributed by atoms with E-state index >= 15 is 0 Å². The minimum Gasteiger partial charge on any atom is -0.394 e. The number of hydrogen-bond acceptors (Lipinski definition) is 3. The summed E-state index contributed by atoms with van der Waals surface area (Å²) in [5.74, 6) is 0.317. The smallest absolute Gasteiger partial charge is 0.101 e. The van der Waals surface area contributed by atoms with Crippen molar-refractivity contribution < 1.29 is 5.11 Å². The van der Waals surface area contributed by atoms with Crippen LogP contribution >= 0.6 is 0 Å². The lowest BCUT2D eigenvalue weighted by Crippen LogP contribution is -2.29. The zero-order chi connectivity index (χ0) is 12.1. The van der Waals surface area contributed by atoms with Gasteiger partial charge in [0.15, 0.2) is 0 Å². The summed E-state index contributed by atoms with van der Waals surface area (Å²) in [6.45, 7) is 6.09. The van der Waals surface area contributed by atoms with Crippen LogP contribution in [0.25, 0.3) is 0 Å². The highest BCUT2D eigenvalue weighted by Crippen LogP contribution is 2.19. The molecule has 0 saturated carbocycles. The Bertz CT molecular complexity index is 393. The molecule has 0 heterocycles.